The maximum Gasteiger partial charge on any atom is 0.338 e. The lowest BCUT2D eigenvalue weighted by Crippen LogP contribution is -2.13. The topological polar surface area (TPSA) is 72.5 Å². The molecule has 8 heteroatoms. The van der Waals surface area contributed by atoms with Crippen LogP contribution in [0.25, 0.3) is 11.1 Å². The number of esters is 1. The minimum atomic E-state index is -3.84. The van der Waals surface area contributed by atoms with Crippen molar-refractivity contribution >= 4 is 44.9 Å². The second kappa shape index (κ2) is 8.86. The molecule has 29 heavy (non-hydrogen) atoms. The van der Waals surface area contributed by atoms with Gasteiger partial charge in [0.15, 0.2) is 0 Å². The summed E-state index contributed by atoms with van der Waals surface area (Å²) >= 11 is 12.1. The highest BCUT2D eigenvalue weighted by molar-refractivity contribution is 7.92. The number of hydrogen-bond donors (Lipinski definition) is 1. The Bertz CT molecular complexity index is 1150. The van der Waals surface area contributed by atoms with Gasteiger partial charge in [0.1, 0.15) is 0 Å². The van der Waals surface area contributed by atoms with Crippen molar-refractivity contribution in [1.29, 1.82) is 0 Å². The highest BCUT2D eigenvalue weighted by Gasteiger charge is 2.16. The van der Waals surface area contributed by atoms with E-state index in [1.807, 2.05) is 0 Å². The summed E-state index contributed by atoms with van der Waals surface area (Å²) in [7, 11) is -3.84. The minimum absolute atomic E-state index is 0.0767. The Kier molecular flexibility index (Phi) is 6.47. The fourth-order valence-corrected chi connectivity index (χ4v) is 4.24. The van der Waals surface area contributed by atoms with Crippen molar-refractivity contribution in [3.63, 3.8) is 0 Å². The van der Waals surface area contributed by atoms with Crippen LogP contribution in [0.15, 0.2) is 71.6 Å². The molecule has 0 aromatic heterocycles. The van der Waals surface area contributed by atoms with E-state index in [2.05, 4.69) is 4.72 Å². The maximum absolute atomic E-state index is 12.7. The predicted octanol–water partition coefficient (Wildman–Crippen LogP) is 5.64. The number of hydrogen-bond acceptors (Lipinski definition) is 4. The highest BCUT2D eigenvalue weighted by atomic mass is 35.5. The average molecular weight is 450 g/mol. The summed E-state index contributed by atoms with van der Waals surface area (Å²) in [5.41, 5.74) is 2.03. The van der Waals surface area contributed by atoms with E-state index >= 15 is 0 Å². The molecule has 0 amide bonds. The molecule has 0 aliphatic carbocycles. The monoisotopic (exact) mass is 449 g/mol. The van der Waals surface area contributed by atoms with Gasteiger partial charge in [0.05, 0.1) is 17.1 Å². The molecule has 0 saturated heterocycles. The lowest BCUT2D eigenvalue weighted by atomic mass is 10.1. The van der Waals surface area contributed by atoms with Gasteiger partial charge in [0.25, 0.3) is 10.0 Å². The Hall–Kier alpha value is -2.54. The van der Waals surface area contributed by atoms with Gasteiger partial charge in [-0.3, -0.25) is 4.72 Å². The Morgan fingerprint density at radius 1 is 1.00 bits per heavy atom. The van der Waals surface area contributed by atoms with E-state index in [1.165, 1.54) is 18.2 Å². The van der Waals surface area contributed by atoms with Crippen molar-refractivity contribution in [3.05, 3.63) is 82.3 Å². The van der Waals surface area contributed by atoms with Crippen LogP contribution in [0.4, 0.5) is 5.69 Å². The molecule has 0 spiro atoms. The van der Waals surface area contributed by atoms with E-state index in [1.54, 1.807) is 55.5 Å². The van der Waals surface area contributed by atoms with Crippen molar-refractivity contribution in [2.45, 2.75) is 11.8 Å². The second-order valence-corrected chi connectivity index (χ2v) is 8.58. The Labute approximate surface area is 179 Å². The number of ether oxygens (including phenoxy) is 1. The summed E-state index contributed by atoms with van der Waals surface area (Å²) < 4.78 is 32.8. The third-order valence-electron chi connectivity index (χ3n) is 4.03. The number of carbonyl (C=O) groups excluding carboxylic acids is 1. The van der Waals surface area contributed by atoms with Gasteiger partial charge in [-0.25, -0.2) is 13.2 Å². The van der Waals surface area contributed by atoms with E-state index < -0.39 is 16.0 Å². The summed E-state index contributed by atoms with van der Waals surface area (Å²) in [6, 6.07) is 17.5. The van der Waals surface area contributed by atoms with Gasteiger partial charge in [-0.2, -0.15) is 0 Å². The Morgan fingerprint density at radius 2 is 1.72 bits per heavy atom. The molecule has 150 valence electrons. The molecule has 3 rings (SSSR count). The van der Waals surface area contributed by atoms with E-state index in [9.17, 15) is 13.2 Å². The van der Waals surface area contributed by atoms with Crippen molar-refractivity contribution in [1.82, 2.24) is 0 Å². The lowest BCUT2D eigenvalue weighted by molar-refractivity contribution is 0.0526. The van der Waals surface area contributed by atoms with E-state index in [0.717, 1.165) is 11.1 Å². The molecule has 0 atom stereocenters. The van der Waals surface area contributed by atoms with Crippen LogP contribution in [-0.4, -0.2) is 21.0 Å². The van der Waals surface area contributed by atoms with Gasteiger partial charge in [0, 0.05) is 21.3 Å². The Morgan fingerprint density at radius 3 is 2.38 bits per heavy atom. The normalized spacial score (nSPS) is 11.1. The third-order valence-corrected chi connectivity index (χ3v) is 5.98. The molecule has 0 fully saturated rings. The molecular formula is C21H17Cl2NO4S. The van der Waals surface area contributed by atoms with Crippen LogP contribution in [0, 0.1) is 0 Å². The zero-order chi connectivity index (χ0) is 21.0. The molecule has 0 unspecified atom stereocenters. The second-order valence-electron chi connectivity index (χ2n) is 6.06. The number of anilines is 1. The van der Waals surface area contributed by atoms with Gasteiger partial charge in [-0.1, -0.05) is 47.5 Å². The first-order valence-corrected chi connectivity index (χ1v) is 10.9. The number of rotatable bonds is 6. The fraction of sp³-hybridized carbons (Fsp3) is 0.0952. The van der Waals surface area contributed by atoms with Crippen molar-refractivity contribution < 1.29 is 17.9 Å². The number of sulfonamides is 1. The van der Waals surface area contributed by atoms with Crippen molar-refractivity contribution in [3.8, 4) is 11.1 Å². The van der Waals surface area contributed by atoms with Crippen LogP contribution in [0.1, 0.15) is 17.3 Å². The molecule has 0 aliphatic rings. The maximum atomic E-state index is 12.7. The number of nitrogens with one attached hydrogen (secondary N) is 1. The highest BCUT2D eigenvalue weighted by Crippen LogP contribution is 2.31. The SMILES string of the molecule is CCOC(=O)c1cccc(NS(=O)(=O)c2ccc(-c3ccc(Cl)cc3Cl)cc2)c1. The van der Waals surface area contributed by atoms with Crippen LogP contribution in [-0.2, 0) is 14.8 Å². The summed E-state index contributed by atoms with van der Waals surface area (Å²) in [6.07, 6.45) is 0. The van der Waals surface area contributed by atoms with Crippen molar-refractivity contribution in [2.24, 2.45) is 0 Å². The van der Waals surface area contributed by atoms with Gasteiger partial charge >= 0.3 is 5.97 Å². The first-order chi connectivity index (χ1) is 13.8. The summed E-state index contributed by atoms with van der Waals surface area (Å²) in [5, 5.41) is 0.995. The minimum Gasteiger partial charge on any atom is -0.462 e. The number of halogens is 2. The molecule has 0 heterocycles. The van der Waals surface area contributed by atoms with Gasteiger partial charge in [0.2, 0.25) is 0 Å². The lowest BCUT2D eigenvalue weighted by Gasteiger charge is -2.11. The van der Waals surface area contributed by atoms with Gasteiger partial charge in [-0.15, -0.1) is 0 Å². The van der Waals surface area contributed by atoms with Crippen LogP contribution < -0.4 is 4.72 Å². The largest absolute Gasteiger partial charge is 0.462 e. The van der Waals surface area contributed by atoms with Gasteiger partial charge < -0.3 is 4.74 Å². The molecular weight excluding hydrogens is 433 g/mol. The van der Waals surface area contributed by atoms with Crippen LogP contribution in [0.3, 0.4) is 0 Å². The summed E-state index contributed by atoms with van der Waals surface area (Å²) in [5.74, 6) is -0.516. The summed E-state index contributed by atoms with van der Waals surface area (Å²) in [6.45, 7) is 1.93. The van der Waals surface area contributed by atoms with Gasteiger partial charge in [-0.05, 0) is 55.0 Å². The molecule has 3 aromatic rings. The molecule has 0 bridgehead atoms. The van der Waals surface area contributed by atoms with E-state index in [0.29, 0.717) is 10.0 Å². The average Bonchev–Trinajstić information content (AvgIpc) is 2.68. The van der Waals surface area contributed by atoms with Crippen molar-refractivity contribution in [2.75, 3.05) is 11.3 Å². The zero-order valence-corrected chi connectivity index (χ0v) is 17.7. The zero-order valence-electron chi connectivity index (χ0n) is 15.4. The van der Waals surface area contributed by atoms with Crippen LogP contribution in [0.5, 0.6) is 0 Å². The Balaban J connectivity index is 1.83. The fourth-order valence-electron chi connectivity index (χ4n) is 2.68. The first kappa shape index (κ1) is 21.2. The molecule has 0 aliphatic heterocycles. The number of benzene rings is 3. The molecule has 3 aromatic carbocycles. The smallest absolute Gasteiger partial charge is 0.338 e. The van der Waals surface area contributed by atoms with E-state index in [4.69, 9.17) is 27.9 Å². The van der Waals surface area contributed by atoms with Crippen LogP contribution >= 0.6 is 23.2 Å². The third kappa shape index (κ3) is 5.09. The molecule has 1 N–H and O–H groups in total. The number of carbonyl (C=O) groups is 1. The standard InChI is InChI=1S/C21H17Cl2NO4S/c1-2-28-21(25)15-4-3-5-17(12-15)24-29(26,27)18-9-6-14(7-10-18)19-11-8-16(22)13-20(19)23/h3-13,24H,2H2,1H3. The molecule has 0 saturated carbocycles. The molecule has 0 radical (unpaired) electrons. The predicted molar refractivity (Wildman–Crippen MR) is 115 cm³/mol. The van der Waals surface area contributed by atoms with E-state index in [-0.39, 0.29) is 22.8 Å². The molecule has 5 nitrogen and oxygen atoms in total. The van der Waals surface area contributed by atoms with Crippen LogP contribution in [0.2, 0.25) is 10.0 Å². The quantitative estimate of drug-likeness (QED) is 0.494. The first-order valence-electron chi connectivity index (χ1n) is 8.65. The summed E-state index contributed by atoms with van der Waals surface area (Å²) in [4.78, 5) is 11.9.